The predicted molar refractivity (Wildman–Crippen MR) is 85.9 cm³/mol. The molecule has 20 heavy (non-hydrogen) atoms. The van der Waals surface area contributed by atoms with Crippen molar-refractivity contribution in [2.24, 2.45) is 0 Å². The van der Waals surface area contributed by atoms with Gasteiger partial charge in [-0.1, -0.05) is 53.9 Å². The molecule has 1 unspecified atom stereocenters. The molecule has 1 nitrogen and oxygen atoms in total. The Morgan fingerprint density at radius 3 is 2.60 bits per heavy atom. The highest BCUT2D eigenvalue weighted by atomic mass is 35.5. The van der Waals surface area contributed by atoms with Crippen LogP contribution in [0, 0.1) is 5.82 Å². The molecule has 0 aliphatic heterocycles. The van der Waals surface area contributed by atoms with Gasteiger partial charge in [0.05, 0.1) is 19.7 Å². The van der Waals surface area contributed by atoms with E-state index in [1.807, 2.05) is 0 Å². The molecule has 0 aliphatic carbocycles. The summed E-state index contributed by atoms with van der Waals surface area (Å²) in [4.78, 5) is 0. The van der Waals surface area contributed by atoms with Crippen molar-refractivity contribution >= 4 is 46.1 Å². The van der Waals surface area contributed by atoms with E-state index in [0.717, 1.165) is 18.5 Å². The Morgan fingerprint density at radius 2 is 2.00 bits per heavy atom. The highest BCUT2D eigenvalue weighted by molar-refractivity contribution is 7.20. The highest BCUT2D eigenvalue weighted by Gasteiger charge is 2.22. The summed E-state index contributed by atoms with van der Waals surface area (Å²) in [6, 6.07) is 6.29. The van der Waals surface area contributed by atoms with Crippen molar-refractivity contribution in [2.45, 2.75) is 19.4 Å². The zero-order chi connectivity index (χ0) is 14.7. The van der Waals surface area contributed by atoms with Crippen LogP contribution in [0.1, 0.15) is 30.5 Å². The van der Waals surface area contributed by atoms with Crippen molar-refractivity contribution in [1.29, 1.82) is 0 Å². The maximum Gasteiger partial charge on any atom is 0.142 e. The fourth-order valence-corrected chi connectivity index (χ4v) is 3.74. The third-order valence-electron chi connectivity index (χ3n) is 2.88. The van der Waals surface area contributed by atoms with Gasteiger partial charge in [0.15, 0.2) is 0 Å². The van der Waals surface area contributed by atoms with Crippen molar-refractivity contribution in [3.8, 4) is 0 Å². The largest absolute Gasteiger partial charge is 0.306 e. The lowest BCUT2D eigenvalue weighted by Crippen LogP contribution is -2.23. The number of thiophene rings is 1. The molecule has 6 heteroatoms. The predicted octanol–water partition coefficient (Wildman–Crippen LogP) is 5.94. The second kappa shape index (κ2) is 7.10. The van der Waals surface area contributed by atoms with E-state index in [9.17, 15) is 4.39 Å². The number of hydrogen-bond acceptors (Lipinski definition) is 2. The van der Waals surface area contributed by atoms with E-state index >= 15 is 0 Å². The van der Waals surface area contributed by atoms with Gasteiger partial charge in [-0.15, -0.1) is 11.3 Å². The molecule has 1 aromatic heterocycles. The standard InChI is InChI=1S/C14H13Cl3FNS/c1-2-6-19-13(9-7-11(15)20-14(9)17)8-4-3-5-10(18)12(8)16/h3-5,7,13,19H,2,6H2,1H3. The molecule has 0 amide bonds. The first-order valence-electron chi connectivity index (χ1n) is 6.16. The summed E-state index contributed by atoms with van der Waals surface area (Å²) in [6.07, 6.45) is 0.943. The van der Waals surface area contributed by atoms with Crippen LogP contribution in [0.3, 0.4) is 0 Å². The molecule has 0 spiro atoms. The SMILES string of the molecule is CCCNC(c1cc(Cl)sc1Cl)c1cccc(F)c1Cl. The lowest BCUT2D eigenvalue weighted by molar-refractivity contribution is 0.587. The minimum atomic E-state index is -0.440. The zero-order valence-corrected chi connectivity index (χ0v) is 13.8. The quantitative estimate of drug-likeness (QED) is 0.702. The number of halogens is 4. The van der Waals surface area contributed by atoms with Crippen LogP contribution in [0.2, 0.25) is 13.7 Å². The number of benzene rings is 1. The number of nitrogens with one attached hydrogen (secondary N) is 1. The maximum atomic E-state index is 13.7. The van der Waals surface area contributed by atoms with Gasteiger partial charge in [-0.05, 0) is 30.7 Å². The van der Waals surface area contributed by atoms with E-state index < -0.39 is 5.82 Å². The normalized spacial score (nSPS) is 12.7. The highest BCUT2D eigenvalue weighted by Crippen LogP contribution is 2.39. The minimum absolute atomic E-state index is 0.111. The molecule has 1 N–H and O–H groups in total. The van der Waals surface area contributed by atoms with E-state index in [-0.39, 0.29) is 11.1 Å². The third kappa shape index (κ3) is 3.46. The molecule has 2 aromatic rings. The summed E-state index contributed by atoms with van der Waals surface area (Å²) in [5.74, 6) is -0.440. The van der Waals surface area contributed by atoms with Crippen LogP contribution in [-0.4, -0.2) is 6.54 Å². The van der Waals surface area contributed by atoms with Crippen molar-refractivity contribution in [3.05, 3.63) is 54.9 Å². The van der Waals surface area contributed by atoms with E-state index in [4.69, 9.17) is 34.8 Å². The molecule has 0 aliphatic rings. The molecular weight excluding hydrogens is 340 g/mol. The van der Waals surface area contributed by atoms with Crippen LogP contribution in [0.5, 0.6) is 0 Å². The number of hydrogen-bond donors (Lipinski definition) is 1. The minimum Gasteiger partial charge on any atom is -0.306 e. The first-order chi connectivity index (χ1) is 9.54. The summed E-state index contributed by atoms with van der Waals surface area (Å²) in [5, 5.41) is 3.45. The average Bonchev–Trinajstić information content (AvgIpc) is 2.74. The fourth-order valence-electron chi connectivity index (χ4n) is 1.97. The molecule has 1 aromatic carbocycles. The second-order valence-electron chi connectivity index (χ2n) is 4.31. The molecule has 2 rings (SSSR count). The molecule has 0 radical (unpaired) electrons. The van der Waals surface area contributed by atoms with E-state index in [1.165, 1.54) is 17.4 Å². The van der Waals surface area contributed by atoms with Gasteiger partial charge in [0.1, 0.15) is 5.82 Å². The maximum absolute atomic E-state index is 13.7. The first-order valence-corrected chi connectivity index (χ1v) is 8.11. The van der Waals surface area contributed by atoms with Crippen LogP contribution in [0.15, 0.2) is 24.3 Å². The van der Waals surface area contributed by atoms with Gasteiger partial charge >= 0.3 is 0 Å². The van der Waals surface area contributed by atoms with Crippen LogP contribution >= 0.6 is 46.1 Å². The van der Waals surface area contributed by atoms with Gasteiger partial charge in [0, 0.05) is 5.56 Å². The zero-order valence-electron chi connectivity index (χ0n) is 10.7. The summed E-state index contributed by atoms with van der Waals surface area (Å²) in [7, 11) is 0. The Kier molecular flexibility index (Phi) is 5.70. The van der Waals surface area contributed by atoms with Crippen LogP contribution in [-0.2, 0) is 0 Å². The molecule has 0 fully saturated rings. The Balaban J connectivity index is 2.47. The summed E-state index contributed by atoms with van der Waals surface area (Å²) >= 11 is 19.6. The summed E-state index contributed by atoms with van der Waals surface area (Å²) in [5.41, 5.74) is 1.49. The van der Waals surface area contributed by atoms with Gasteiger partial charge in [0.2, 0.25) is 0 Å². The molecular formula is C14H13Cl3FNS. The van der Waals surface area contributed by atoms with Gasteiger partial charge in [-0.3, -0.25) is 0 Å². The van der Waals surface area contributed by atoms with Gasteiger partial charge in [-0.25, -0.2) is 4.39 Å². The van der Waals surface area contributed by atoms with Crippen molar-refractivity contribution in [2.75, 3.05) is 6.54 Å². The third-order valence-corrected chi connectivity index (χ3v) is 4.80. The smallest absolute Gasteiger partial charge is 0.142 e. The van der Waals surface area contributed by atoms with Crippen LogP contribution < -0.4 is 5.32 Å². The van der Waals surface area contributed by atoms with Gasteiger partial charge in [-0.2, -0.15) is 0 Å². The molecule has 0 bridgehead atoms. The van der Waals surface area contributed by atoms with Gasteiger partial charge < -0.3 is 5.32 Å². The lowest BCUT2D eigenvalue weighted by atomic mass is 10.0. The topological polar surface area (TPSA) is 12.0 Å². The van der Waals surface area contributed by atoms with Crippen molar-refractivity contribution < 1.29 is 4.39 Å². The van der Waals surface area contributed by atoms with Gasteiger partial charge in [0.25, 0.3) is 0 Å². The average molecular weight is 353 g/mol. The molecule has 0 saturated heterocycles. The van der Waals surface area contributed by atoms with E-state index in [1.54, 1.807) is 18.2 Å². The van der Waals surface area contributed by atoms with E-state index in [0.29, 0.717) is 14.2 Å². The van der Waals surface area contributed by atoms with Crippen molar-refractivity contribution in [3.63, 3.8) is 0 Å². The molecule has 108 valence electrons. The van der Waals surface area contributed by atoms with Crippen LogP contribution in [0.4, 0.5) is 4.39 Å². The number of rotatable bonds is 5. The molecule has 1 atom stereocenters. The second-order valence-corrected chi connectivity index (χ2v) is 6.97. The Labute approximate surface area is 136 Å². The first kappa shape index (κ1) is 16.1. The van der Waals surface area contributed by atoms with Crippen LogP contribution in [0.25, 0.3) is 0 Å². The summed E-state index contributed by atoms with van der Waals surface area (Å²) in [6.45, 7) is 2.82. The monoisotopic (exact) mass is 351 g/mol. The van der Waals surface area contributed by atoms with Crippen molar-refractivity contribution in [1.82, 2.24) is 5.32 Å². The molecule has 0 saturated carbocycles. The lowest BCUT2D eigenvalue weighted by Gasteiger charge is -2.20. The Bertz CT molecular complexity index is 600. The Morgan fingerprint density at radius 1 is 1.25 bits per heavy atom. The van der Waals surface area contributed by atoms with E-state index in [2.05, 4.69) is 12.2 Å². The fraction of sp³-hybridized carbons (Fsp3) is 0.286. The Hall–Kier alpha value is -0.320. The summed E-state index contributed by atoms with van der Waals surface area (Å²) < 4.78 is 14.9. The molecule has 1 heterocycles.